The van der Waals surface area contributed by atoms with Gasteiger partial charge in [-0.15, -0.1) is 0 Å². The molecule has 0 saturated heterocycles. The van der Waals surface area contributed by atoms with Crippen molar-refractivity contribution in [1.29, 1.82) is 0 Å². The van der Waals surface area contributed by atoms with Gasteiger partial charge in [0.1, 0.15) is 11.6 Å². The van der Waals surface area contributed by atoms with E-state index in [0.29, 0.717) is 4.47 Å². The summed E-state index contributed by atoms with van der Waals surface area (Å²) in [6, 6.07) is 6.12. The highest BCUT2D eigenvalue weighted by Gasteiger charge is 2.16. The summed E-state index contributed by atoms with van der Waals surface area (Å²) in [5, 5.41) is 10.6. The number of halogens is 4. The summed E-state index contributed by atoms with van der Waals surface area (Å²) in [5.74, 6) is -0.325. The highest BCUT2D eigenvalue weighted by Crippen LogP contribution is 2.39. The number of hydrogen-bond donors (Lipinski definition) is 0. The molecule has 8 heteroatoms. The molecule has 0 radical (unpaired) electrons. The molecule has 2 aromatic rings. The number of hydrogen-bond acceptors (Lipinski definition) is 3. The molecule has 104 valence electrons. The lowest BCUT2D eigenvalue weighted by atomic mass is 10.3. The first-order chi connectivity index (χ1) is 9.36. The van der Waals surface area contributed by atoms with Crippen LogP contribution in [-0.2, 0) is 0 Å². The van der Waals surface area contributed by atoms with Crippen LogP contribution in [0, 0.1) is 15.9 Å². The highest BCUT2D eigenvalue weighted by molar-refractivity contribution is 9.10. The van der Waals surface area contributed by atoms with Crippen LogP contribution in [0.3, 0.4) is 0 Å². The smallest absolute Gasteiger partial charge is 0.272 e. The molecule has 0 bridgehead atoms. The van der Waals surface area contributed by atoms with Gasteiger partial charge < -0.3 is 4.74 Å². The fourth-order valence-corrected chi connectivity index (χ4v) is 2.45. The van der Waals surface area contributed by atoms with Crippen molar-refractivity contribution < 1.29 is 14.1 Å². The minimum Gasteiger partial charge on any atom is -0.454 e. The number of ether oxygens (including phenoxy) is 1. The van der Waals surface area contributed by atoms with Gasteiger partial charge in [0.25, 0.3) is 5.69 Å². The van der Waals surface area contributed by atoms with Crippen molar-refractivity contribution in [1.82, 2.24) is 0 Å². The first-order valence-corrected chi connectivity index (χ1v) is 6.69. The molecular weight excluding hydrogens is 376 g/mol. The summed E-state index contributed by atoms with van der Waals surface area (Å²) in [6.07, 6.45) is 0. The molecule has 0 unspecified atom stereocenters. The topological polar surface area (TPSA) is 52.4 Å². The van der Waals surface area contributed by atoms with Crippen LogP contribution < -0.4 is 4.74 Å². The molecule has 0 fully saturated rings. The van der Waals surface area contributed by atoms with Crippen LogP contribution in [0.15, 0.2) is 34.8 Å². The Morgan fingerprint density at radius 2 is 1.75 bits per heavy atom. The van der Waals surface area contributed by atoms with E-state index in [4.69, 9.17) is 27.9 Å². The van der Waals surface area contributed by atoms with Crippen LogP contribution >= 0.6 is 39.1 Å². The molecule has 0 aliphatic rings. The fourth-order valence-electron chi connectivity index (χ4n) is 1.45. The van der Waals surface area contributed by atoms with Crippen LogP contribution in [0.4, 0.5) is 10.1 Å². The quantitative estimate of drug-likeness (QED) is 0.514. The van der Waals surface area contributed by atoms with Crippen molar-refractivity contribution in [3.05, 3.63) is 60.8 Å². The van der Waals surface area contributed by atoms with Gasteiger partial charge in [0, 0.05) is 22.7 Å². The van der Waals surface area contributed by atoms with E-state index in [-0.39, 0.29) is 27.2 Å². The van der Waals surface area contributed by atoms with Gasteiger partial charge in [-0.25, -0.2) is 4.39 Å². The number of rotatable bonds is 3. The van der Waals surface area contributed by atoms with Gasteiger partial charge in [-0.3, -0.25) is 10.1 Å². The van der Waals surface area contributed by atoms with Gasteiger partial charge >= 0.3 is 0 Å². The Bertz CT molecular complexity index is 653. The molecule has 0 heterocycles. The summed E-state index contributed by atoms with van der Waals surface area (Å²) >= 11 is 14.9. The van der Waals surface area contributed by atoms with Gasteiger partial charge in [0.2, 0.25) is 0 Å². The molecule has 0 aliphatic heterocycles. The zero-order valence-corrected chi connectivity index (χ0v) is 12.7. The molecule has 20 heavy (non-hydrogen) atoms. The maximum atomic E-state index is 13.2. The van der Waals surface area contributed by atoms with Crippen molar-refractivity contribution in [2.24, 2.45) is 0 Å². The van der Waals surface area contributed by atoms with Crippen molar-refractivity contribution in [3.8, 4) is 11.5 Å². The fraction of sp³-hybridized carbons (Fsp3) is 0. The van der Waals surface area contributed by atoms with E-state index in [0.717, 1.165) is 18.2 Å². The maximum Gasteiger partial charge on any atom is 0.272 e. The molecule has 0 aromatic heterocycles. The van der Waals surface area contributed by atoms with E-state index in [1.54, 1.807) is 0 Å². The normalized spacial score (nSPS) is 10.4. The van der Waals surface area contributed by atoms with Crippen LogP contribution in [0.25, 0.3) is 0 Å². The van der Waals surface area contributed by atoms with Gasteiger partial charge in [0.05, 0.1) is 15.0 Å². The Labute approximate surface area is 131 Å². The second-order valence-corrected chi connectivity index (χ2v) is 5.43. The van der Waals surface area contributed by atoms with Gasteiger partial charge in [-0.2, -0.15) is 0 Å². The second kappa shape index (κ2) is 5.95. The van der Waals surface area contributed by atoms with Crippen LogP contribution in [0.1, 0.15) is 0 Å². The third-order valence-electron chi connectivity index (χ3n) is 2.25. The van der Waals surface area contributed by atoms with Crippen LogP contribution in [0.2, 0.25) is 10.0 Å². The average molecular weight is 381 g/mol. The first-order valence-electron chi connectivity index (χ1n) is 5.14. The predicted octanol–water partition coefficient (Wildman–Crippen LogP) is 5.60. The van der Waals surface area contributed by atoms with Crippen molar-refractivity contribution in [2.45, 2.75) is 0 Å². The summed E-state index contributed by atoms with van der Waals surface area (Å²) in [5.41, 5.74) is -0.257. The number of non-ortho nitro benzene ring substituents is 1. The van der Waals surface area contributed by atoms with Crippen molar-refractivity contribution in [2.75, 3.05) is 0 Å². The maximum absolute atomic E-state index is 13.2. The molecule has 0 atom stereocenters. The van der Waals surface area contributed by atoms with Crippen LogP contribution in [-0.4, -0.2) is 4.92 Å². The minimum atomic E-state index is -0.625. The third-order valence-corrected chi connectivity index (χ3v) is 3.27. The third kappa shape index (κ3) is 3.39. The molecule has 0 amide bonds. The summed E-state index contributed by atoms with van der Waals surface area (Å²) in [7, 11) is 0. The highest BCUT2D eigenvalue weighted by atomic mass is 79.9. The average Bonchev–Trinajstić information content (AvgIpc) is 2.32. The lowest BCUT2D eigenvalue weighted by molar-refractivity contribution is -0.384. The molecule has 4 nitrogen and oxygen atoms in total. The SMILES string of the molecule is O=[N+]([O-])c1cc(Cl)c(Oc2cc(F)cc(Br)c2)c(Cl)c1. The van der Waals surface area contributed by atoms with E-state index in [1.807, 2.05) is 0 Å². The Hall–Kier alpha value is -1.37. The van der Waals surface area contributed by atoms with Gasteiger partial charge in [0.15, 0.2) is 5.75 Å². The van der Waals surface area contributed by atoms with Crippen molar-refractivity contribution in [3.63, 3.8) is 0 Å². The zero-order valence-electron chi connectivity index (χ0n) is 9.57. The number of nitro groups is 1. The molecule has 2 aromatic carbocycles. The first kappa shape index (κ1) is 15.0. The molecule has 0 N–H and O–H groups in total. The number of nitro benzene ring substituents is 1. The summed E-state index contributed by atoms with van der Waals surface area (Å²) in [6.45, 7) is 0. The Morgan fingerprint density at radius 1 is 1.15 bits per heavy atom. The van der Waals surface area contributed by atoms with Crippen LogP contribution in [0.5, 0.6) is 11.5 Å². The van der Waals surface area contributed by atoms with E-state index < -0.39 is 10.7 Å². The van der Waals surface area contributed by atoms with Gasteiger partial charge in [-0.05, 0) is 12.1 Å². The Kier molecular flexibility index (Phi) is 4.47. The molecule has 0 saturated carbocycles. The lowest BCUT2D eigenvalue weighted by Crippen LogP contribution is -1.92. The Morgan fingerprint density at radius 3 is 2.25 bits per heavy atom. The second-order valence-electron chi connectivity index (χ2n) is 3.70. The van der Waals surface area contributed by atoms with Crippen molar-refractivity contribution >= 4 is 44.8 Å². The summed E-state index contributed by atoms with van der Waals surface area (Å²) < 4.78 is 19.1. The van der Waals surface area contributed by atoms with E-state index in [9.17, 15) is 14.5 Å². The number of benzene rings is 2. The minimum absolute atomic E-state index is 0.0245. The molecule has 2 rings (SSSR count). The molecule has 0 spiro atoms. The van der Waals surface area contributed by atoms with E-state index >= 15 is 0 Å². The van der Waals surface area contributed by atoms with E-state index in [2.05, 4.69) is 15.9 Å². The standard InChI is InChI=1S/C12H5BrCl2FNO3/c13-6-1-7(16)3-9(2-6)20-12-10(14)4-8(17(18)19)5-11(12)15/h1-5H. The monoisotopic (exact) mass is 379 g/mol. The van der Waals surface area contributed by atoms with E-state index in [1.165, 1.54) is 12.1 Å². The molecule has 0 aliphatic carbocycles. The summed E-state index contributed by atoms with van der Waals surface area (Å²) in [4.78, 5) is 10.0. The largest absolute Gasteiger partial charge is 0.454 e. The molecular formula is C12H5BrCl2FNO3. The number of nitrogens with zero attached hydrogens (tertiary/aromatic N) is 1. The lowest BCUT2D eigenvalue weighted by Gasteiger charge is -2.10. The van der Waals surface area contributed by atoms with Gasteiger partial charge in [-0.1, -0.05) is 39.1 Å². The zero-order chi connectivity index (χ0) is 14.9. The Balaban J connectivity index is 2.41. The predicted molar refractivity (Wildman–Crippen MR) is 77.3 cm³/mol.